The quantitative estimate of drug-likeness (QED) is 0.232. The van der Waals surface area contributed by atoms with Gasteiger partial charge < -0.3 is 9.67 Å². The van der Waals surface area contributed by atoms with Crippen molar-refractivity contribution >= 4 is 5.97 Å². The van der Waals surface area contributed by atoms with Crippen LogP contribution in [0.2, 0.25) is 0 Å². The Hall–Kier alpha value is -2.88. The number of imidazole rings is 1. The van der Waals surface area contributed by atoms with E-state index in [9.17, 15) is 9.90 Å². The number of aryl methyl sites for hydroxylation is 1. The molecule has 1 heterocycles. The highest BCUT2D eigenvalue weighted by Gasteiger charge is 2.29. The second-order valence-corrected chi connectivity index (χ2v) is 9.19. The number of carboxylic acid groups (broad SMARTS) is 1. The summed E-state index contributed by atoms with van der Waals surface area (Å²) in [5.74, 6) is 0.134. The first-order chi connectivity index (χ1) is 16.7. The summed E-state index contributed by atoms with van der Waals surface area (Å²) >= 11 is 0. The number of aromatic nitrogens is 2. The van der Waals surface area contributed by atoms with Crippen LogP contribution in [0.15, 0.2) is 60.7 Å². The van der Waals surface area contributed by atoms with Gasteiger partial charge in [-0.15, -0.1) is 0 Å². The molecule has 2 aromatic carbocycles. The highest BCUT2D eigenvalue weighted by molar-refractivity contribution is 5.81. The number of rotatable bonds is 15. The number of carboxylic acids is 1. The van der Waals surface area contributed by atoms with Gasteiger partial charge in [0.2, 0.25) is 0 Å². The van der Waals surface area contributed by atoms with Crippen LogP contribution in [0.4, 0.5) is 0 Å². The predicted molar refractivity (Wildman–Crippen MR) is 141 cm³/mol. The van der Waals surface area contributed by atoms with Gasteiger partial charge >= 0.3 is 5.97 Å². The van der Waals surface area contributed by atoms with E-state index >= 15 is 0 Å². The van der Waals surface area contributed by atoms with Crippen molar-refractivity contribution in [1.29, 1.82) is 0 Å². The Labute approximate surface area is 205 Å². The Kier molecular flexibility index (Phi) is 10.4. The maximum atomic E-state index is 12.6. The monoisotopic (exact) mass is 460 g/mol. The zero-order chi connectivity index (χ0) is 24.2. The summed E-state index contributed by atoms with van der Waals surface area (Å²) in [7, 11) is 0. The molecule has 0 radical (unpaired) electrons. The van der Waals surface area contributed by atoms with E-state index in [2.05, 4.69) is 42.7 Å². The highest BCUT2D eigenvalue weighted by atomic mass is 16.4. The molecule has 0 saturated heterocycles. The molecule has 182 valence electrons. The highest BCUT2D eigenvalue weighted by Crippen LogP contribution is 2.37. The fraction of sp³-hybridized carbons (Fsp3) is 0.467. The summed E-state index contributed by atoms with van der Waals surface area (Å²) in [4.78, 5) is 17.7. The second-order valence-electron chi connectivity index (χ2n) is 9.19. The lowest BCUT2D eigenvalue weighted by atomic mass is 10.0. The number of nitrogens with zero attached hydrogens (tertiary/aromatic N) is 2. The third-order valence-corrected chi connectivity index (χ3v) is 6.51. The van der Waals surface area contributed by atoms with Gasteiger partial charge in [0.25, 0.3) is 0 Å². The first kappa shape index (κ1) is 25.7. The van der Waals surface area contributed by atoms with E-state index in [0.29, 0.717) is 6.42 Å². The zero-order valence-corrected chi connectivity index (χ0v) is 20.9. The lowest BCUT2D eigenvalue weighted by Gasteiger charge is -2.21. The third-order valence-electron chi connectivity index (χ3n) is 6.51. The Morgan fingerprint density at radius 1 is 0.794 bits per heavy atom. The van der Waals surface area contributed by atoms with Gasteiger partial charge in [0.1, 0.15) is 11.9 Å². The largest absolute Gasteiger partial charge is 0.480 e. The van der Waals surface area contributed by atoms with Crippen molar-refractivity contribution in [1.82, 2.24) is 9.55 Å². The van der Waals surface area contributed by atoms with E-state index in [-0.39, 0.29) is 0 Å². The predicted octanol–water partition coefficient (Wildman–Crippen LogP) is 8.33. The van der Waals surface area contributed by atoms with E-state index in [1.165, 1.54) is 19.3 Å². The molecule has 4 nitrogen and oxygen atoms in total. The minimum absolute atomic E-state index is 0.609. The lowest BCUT2D eigenvalue weighted by Crippen LogP contribution is -2.22. The molecule has 1 aromatic heterocycles. The Bertz CT molecular complexity index is 995. The van der Waals surface area contributed by atoms with Crippen molar-refractivity contribution in [2.75, 3.05) is 0 Å². The number of carbonyl (C=O) groups is 1. The summed E-state index contributed by atoms with van der Waals surface area (Å²) in [6.07, 6.45) is 11.5. The summed E-state index contributed by atoms with van der Waals surface area (Å²) < 4.78 is 2.06. The fourth-order valence-electron chi connectivity index (χ4n) is 4.67. The zero-order valence-electron chi connectivity index (χ0n) is 20.9. The van der Waals surface area contributed by atoms with Crippen LogP contribution < -0.4 is 0 Å². The number of hydrogen-bond donors (Lipinski definition) is 1. The summed E-state index contributed by atoms with van der Waals surface area (Å²) in [5.41, 5.74) is 3.86. The second kappa shape index (κ2) is 13.7. The number of unbranched alkanes of at least 4 members (excludes halogenated alkanes) is 7. The maximum absolute atomic E-state index is 12.6. The fourth-order valence-corrected chi connectivity index (χ4v) is 4.67. The van der Waals surface area contributed by atoms with Crippen molar-refractivity contribution in [3.8, 4) is 22.5 Å². The van der Waals surface area contributed by atoms with E-state index in [4.69, 9.17) is 4.98 Å². The van der Waals surface area contributed by atoms with Crippen LogP contribution in [0, 0.1) is 0 Å². The third kappa shape index (κ3) is 6.82. The van der Waals surface area contributed by atoms with Gasteiger partial charge in [0, 0.05) is 17.5 Å². The minimum atomic E-state index is -0.766. The molecular weight excluding hydrogens is 420 g/mol. The molecule has 34 heavy (non-hydrogen) atoms. The van der Waals surface area contributed by atoms with Crippen LogP contribution >= 0.6 is 0 Å². The Morgan fingerprint density at radius 3 is 1.94 bits per heavy atom. The van der Waals surface area contributed by atoms with E-state index in [0.717, 1.165) is 73.3 Å². The molecule has 1 atom stereocenters. The van der Waals surface area contributed by atoms with Crippen LogP contribution in [-0.2, 0) is 11.2 Å². The van der Waals surface area contributed by atoms with E-state index in [1.54, 1.807) is 0 Å². The Morgan fingerprint density at radius 2 is 1.35 bits per heavy atom. The first-order valence-corrected chi connectivity index (χ1v) is 13.1. The van der Waals surface area contributed by atoms with Crippen LogP contribution in [0.3, 0.4) is 0 Å². The SMILES string of the molecule is CCCCCCCc1nc(-c2ccccc2)c(-c2ccccc2)n1C(CCCCCC)C(=O)O. The summed E-state index contributed by atoms with van der Waals surface area (Å²) in [6, 6.07) is 19.8. The summed E-state index contributed by atoms with van der Waals surface area (Å²) in [6.45, 7) is 4.40. The number of aliphatic carboxylic acids is 1. The topological polar surface area (TPSA) is 55.1 Å². The number of hydrogen-bond acceptors (Lipinski definition) is 2. The summed E-state index contributed by atoms with van der Waals surface area (Å²) in [5, 5.41) is 10.4. The normalized spacial score (nSPS) is 12.1. The first-order valence-electron chi connectivity index (χ1n) is 13.1. The molecule has 0 fully saturated rings. The molecule has 4 heteroatoms. The molecule has 0 aliphatic rings. The maximum Gasteiger partial charge on any atom is 0.326 e. The molecular formula is C30H40N2O2. The van der Waals surface area contributed by atoms with Crippen LogP contribution in [0.25, 0.3) is 22.5 Å². The standard InChI is InChI=1S/C30H40N2O2/c1-3-5-7-9-17-23-27-31-28(24-18-12-10-13-19-24)29(25-20-14-11-15-21-25)32(27)26(30(33)34)22-16-8-6-4-2/h10-15,18-21,26H,3-9,16-17,22-23H2,1-2H3,(H,33,34). The van der Waals surface area contributed by atoms with Gasteiger partial charge in [-0.3, -0.25) is 0 Å². The molecule has 1 N–H and O–H groups in total. The Balaban J connectivity index is 2.09. The van der Waals surface area contributed by atoms with Crippen LogP contribution in [0.5, 0.6) is 0 Å². The molecule has 0 bridgehead atoms. The van der Waals surface area contributed by atoms with E-state index < -0.39 is 12.0 Å². The van der Waals surface area contributed by atoms with Crippen molar-refractivity contribution in [2.24, 2.45) is 0 Å². The van der Waals surface area contributed by atoms with Gasteiger partial charge in [0.05, 0.1) is 11.4 Å². The van der Waals surface area contributed by atoms with Crippen molar-refractivity contribution < 1.29 is 9.90 Å². The molecule has 0 aliphatic carbocycles. The van der Waals surface area contributed by atoms with Crippen LogP contribution in [0.1, 0.15) is 89.9 Å². The van der Waals surface area contributed by atoms with Gasteiger partial charge in [-0.25, -0.2) is 9.78 Å². The molecule has 3 rings (SSSR count). The van der Waals surface area contributed by atoms with Gasteiger partial charge in [-0.2, -0.15) is 0 Å². The van der Waals surface area contributed by atoms with E-state index in [1.807, 2.05) is 36.4 Å². The van der Waals surface area contributed by atoms with Crippen molar-refractivity contribution in [3.63, 3.8) is 0 Å². The molecule has 0 spiro atoms. The van der Waals surface area contributed by atoms with Gasteiger partial charge in [0.15, 0.2) is 0 Å². The average Bonchev–Trinajstić information content (AvgIpc) is 3.23. The molecule has 0 amide bonds. The minimum Gasteiger partial charge on any atom is -0.480 e. The molecule has 1 unspecified atom stereocenters. The van der Waals surface area contributed by atoms with Crippen molar-refractivity contribution in [2.45, 2.75) is 90.5 Å². The van der Waals surface area contributed by atoms with Crippen LogP contribution in [-0.4, -0.2) is 20.6 Å². The molecule has 0 aliphatic heterocycles. The number of benzene rings is 2. The molecule has 3 aromatic rings. The smallest absolute Gasteiger partial charge is 0.326 e. The van der Waals surface area contributed by atoms with Crippen molar-refractivity contribution in [3.05, 3.63) is 66.5 Å². The van der Waals surface area contributed by atoms with Gasteiger partial charge in [-0.05, 0) is 12.8 Å². The lowest BCUT2D eigenvalue weighted by molar-refractivity contribution is -0.141. The molecule has 0 saturated carbocycles. The van der Waals surface area contributed by atoms with Gasteiger partial charge in [-0.1, -0.05) is 126 Å². The average molecular weight is 461 g/mol.